The largest absolute Gasteiger partial charge is 0.452 e. The van der Waals surface area contributed by atoms with Crippen LogP contribution in [-0.2, 0) is 20.7 Å². The van der Waals surface area contributed by atoms with Crippen LogP contribution in [0.5, 0.6) is 0 Å². The Morgan fingerprint density at radius 2 is 1.83 bits per heavy atom. The van der Waals surface area contributed by atoms with Crippen LogP contribution in [0.3, 0.4) is 0 Å². The minimum absolute atomic E-state index is 0.127. The molecule has 0 aliphatic rings. The quantitative estimate of drug-likeness (QED) is 0.801. The molecular formula is C17H14Cl2FNO3. The second kappa shape index (κ2) is 8.13. The van der Waals surface area contributed by atoms with E-state index in [1.807, 2.05) is 0 Å². The Bertz CT molecular complexity index is 747. The lowest BCUT2D eigenvalue weighted by molar-refractivity contribution is -0.152. The Hall–Kier alpha value is -2.11. The molecule has 0 aliphatic heterocycles. The molecule has 24 heavy (non-hydrogen) atoms. The Labute approximate surface area is 148 Å². The Kier molecular flexibility index (Phi) is 6.17. The number of anilines is 1. The average molecular weight is 370 g/mol. The Morgan fingerprint density at radius 1 is 1.17 bits per heavy atom. The Morgan fingerprint density at radius 3 is 2.46 bits per heavy atom. The zero-order chi connectivity index (χ0) is 17.7. The summed E-state index contributed by atoms with van der Waals surface area (Å²) in [7, 11) is 0. The van der Waals surface area contributed by atoms with E-state index in [0.29, 0.717) is 21.3 Å². The van der Waals surface area contributed by atoms with Crippen LogP contribution in [0.1, 0.15) is 12.5 Å². The van der Waals surface area contributed by atoms with Crippen molar-refractivity contribution in [3.63, 3.8) is 0 Å². The van der Waals surface area contributed by atoms with Gasteiger partial charge in [0.15, 0.2) is 6.10 Å². The van der Waals surface area contributed by atoms with Gasteiger partial charge in [0, 0.05) is 15.7 Å². The lowest BCUT2D eigenvalue weighted by Gasteiger charge is -2.14. The number of benzene rings is 2. The van der Waals surface area contributed by atoms with Crippen molar-refractivity contribution in [2.24, 2.45) is 0 Å². The third-order valence-electron chi connectivity index (χ3n) is 3.05. The van der Waals surface area contributed by atoms with Crippen molar-refractivity contribution >= 4 is 40.8 Å². The second-order valence-corrected chi connectivity index (χ2v) is 5.96. The van der Waals surface area contributed by atoms with E-state index >= 15 is 0 Å². The summed E-state index contributed by atoms with van der Waals surface area (Å²) in [5.41, 5.74) is 0.861. The van der Waals surface area contributed by atoms with Crippen LogP contribution in [0.2, 0.25) is 10.0 Å². The molecule has 1 atom stereocenters. The van der Waals surface area contributed by atoms with E-state index in [-0.39, 0.29) is 6.42 Å². The summed E-state index contributed by atoms with van der Waals surface area (Å²) < 4.78 is 18.1. The Balaban J connectivity index is 1.92. The summed E-state index contributed by atoms with van der Waals surface area (Å²) in [6, 6.07) is 10.2. The second-order valence-electron chi connectivity index (χ2n) is 5.09. The van der Waals surface area contributed by atoms with Gasteiger partial charge in [0.05, 0.1) is 6.42 Å². The summed E-state index contributed by atoms with van der Waals surface area (Å²) >= 11 is 11.7. The molecule has 0 radical (unpaired) electrons. The van der Waals surface area contributed by atoms with Gasteiger partial charge in [-0.25, -0.2) is 4.39 Å². The van der Waals surface area contributed by atoms with E-state index in [9.17, 15) is 14.0 Å². The lowest BCUT2D eigenvalue weighted by Crippen LogP contribution is -2.30. The number of nitrogens with one attached hydrogen (secondary N) is 1. The molecule has 7 heteroatoms. The monoisotopic (exact) mass is 369 g/mol. The molecule has 0 aliphatic carbocycles. The zero-order valence-corrected chi connectivity index (χ0v) is 14.2. The van der Waals surface area contributed by atoms with E-state index < -0.39 is 23.8 Å². The first-order valence-corrected chi connectivity index (χ1v) is 7.80. The van der Waals surface area contributed by atoms with Gasteiger partial charge in [0.2, 0.25) is 0 Å². The fourth-order valence-corrected chi connectivity index (χ4v) is 2.50. The number of hydrogen-bond donors (Lipinski definition) is 1. The predicted molar refractivity (Wildman–Crippen MR) is 90.7 cm³/mol. The van der Waals surface area contributed by atoms with E-state index in [0.717, 1.165) is 0 Å². The van der Waals surface area contributed by atoms with Gasteiger partial charge in [-0.2, -0.15) is 0 Å². The van der Waals surface area contributed by atoms with Crippen LogP contribution in [0.25, 0.3) is 0 Å². The van der Waals surface area contributed by atoms with Crippen LogP contribution in [0.15, 0.2) is 42.5 Å². The first kappa shape index (κ1) is 18.2. The van der Waals surface area contributed by atoms with Crippen molar-refractivity contribution in [3.05, 3.63) is 63.9 Å². The predicted octanol–water partition coefficient (Wildman–Crippen LogP) is 4.25. The van der Waals surface area contributed by atoms with E-state index in [2.05, 4.69) is 5.32 Å². The maximum Gasteiger partial charge on any atom is 0.311 e. The van der Waals surface area contributed by atoms with E-state index in [4.69, 9.17) is 27.9 Å². The molecule has 0 heterocycles. The highest BCUT2D eigenvalue weighted by atomic mass is 35.5. The number of rotatable bonds is 5. The molecule has 0 bridgehead atoms. The molecule has 0 saturated carbocycles. The van der Waals surface area contributed by atoms with Crippen LogP contribution >= 0.6 is 23.2 Å². The molecule has 2 aromatic rings. The highest BCUT2D eigenvalue weighted by Gasteiger charge is 2.18. The summed E-state index contributed by atoms with van der Waals surface area (Å²) in [4.78, 5) is 23.9. The highest BCUT2D eigenvalue weighted by Crippen LogP contribution is 2.22. The molecule has 0 spiro atoms. The molecule has 0 saturated heterocycles. The number of halogens is 3. The molecule has 126 valence electrons. The molecule has 1 amide bonds. The molecule has 0 unspecified atom stereocenters. The van der Waals surface area contributed by atoms with Crippen molar-refractivity contribution < 1.29 is 18.7 Å². The summed E-state index contributed by atoms with van der Waals surface area (Å²) in [6.07, 6.45) is -1.15. The van der Waals surface area contributed by atoms with E-state index in [1.165, 1.54) is 43.3 Å². The molecule has 0 aromatic heterocycles. The lowest BCUT2D eigenvalue weighted by atomic mass is 10.1. The van der Waals surface area contributed by atoms with E-state index in [1.54, 1.807) is 6.07 Å². The first-order chi connectivity index (χ1) is 11.3. The minimum Gasteiger partial charge on any atom is -0.452 e. The van der Waals surface area contributed by atoms with Crippen molar-refractivity contribution in [3.8, 4) is 0 Å². The zero-order valence-electron chi connectivity index (χ0n) is 12.7. The standard InChI is InChI=1S/C17H14Cl2FNO3/c1-10(17(23)21-15-8-12(18)7-13(19)9-15)24-16(22)6-11-3-2-4-14(20)5-11/h2-5,7-10H,6H2,1H3,(H,21,23)/t10-/m0/s1. The van der Waals surface area contributed by atoms with Crippen LogP contribution in [-0.4, -0.2) is 18.0 Å². The van der Waals surface area contributed by atoms with Crippen molar-refractivity contribution in [1.29, 1.82) is 0 Å². The number of ether oxygens (including phenoxy) is 1. The highest BCUT2D eigenvalue weighted by molar-refractivity contribution is 6.35. The molecule has 2 aromatic carbocycles. The number of hydrogen-bond acceptors (Lipinski definition) is 3. The van der Waals surface area contributed by atoms with Gasteiger partial charge < -0.3 is 10.1 Å². The topological polar surface area (TPSA) is 55.4 Å². The van der Waals surface area contributed by atoms with Crippen molar-refractivity contribution in [2.45, 2.75) is 19.4 Å². The van der Waals surface area contributed by atoms with Gasteiger partial charge in [0.25, 0.3) is 5.91 Å². The normalized spacial score (nSPS) is 11.7. The SMILES string of the molecule is C[C@H](OC(=O)Cc1cccc(F)c1)C(=O)Nc1cc(Cl)cc(Cl)c1. The van der Waals surface area contributed by atoms with Crippen molar-refractivity contribution in [1.82, 2.24) is 0 Å². The number of amides is 1. The molecular weight excluding hydrogens is 356 g/mol. The summed E-state index contributed by atoms with van der Waals surface area (Å²) in [5, 5.41) is 3.29. The number of esters is 1. The molecule has 4 nitrogen and oxygen atoms in total. The smallest absolute Gasteiger partial charge is 0.311 e. The third kappa shape index (κ3) is 5.51. The van der Waals surface area contributed by atoms with Gasteiger partial charge in [0.1, 0.15) is 5.82 Å². The average Bonchev–Trinajstić information content (AvgIpc) is 2.45. The van der Waals surface area contributed by atoms with Crippen LogP contribution < -0.4 is 5.32 Å². The molecule has 0 fully saturated rings. The van der Waals surface area contributed by atoms with Crippen LogP contribution in [0, 0.1) is 5.82 Å². The third-order valence-corrected chi connectivity index (χ3v) is 3.48. The molecule has 1 N–H and O–H groups in total. The van der Waals surface area contributed by atoms with Gasteiger partial charge in [-0.15, -0.1) is 0 Å². The maximum absolute atomic E-state index is 13.1. The molecule has 2 rings (SSSR count). The van der Waals surface area contributed by atoms with Crippen LogP contribution in [0.4, 0.5) is 10.1 Å². The first-order valence-electron chi connectivity index (χ1n) is 7.04. The number of carbonyl (C=O) groups excluding carboxylic acids is 2. The minimum atomic E-state index is -1.02. The maximum atomic E-state index is 13.1. The summed E-state index contributed by atoms with van der Waals surface area (Å²) in [5.74, 6) is -1.60. The number of carbonyl (C=O) groups is 2. The van der Waals surface area contributed by atoms with Gasteiger partial charge in [-0.3, -0.25) is 9.59 Å². The van der Waals surface area contributed by atoms with Crippen molar-refractivity contribution in [2.75, 3.05) is 5.32 Å². The fourth-order valence-electron chi connectivity index (χ4n) is 1.98. The van der Waals surface area contributed by atoms with Gasteiger partial charge >= 0.3 is 5.97 Å². The summed E-state index contributed by atoms with van der Waals surface area (Å²) in [6.45, 7) is 1.44. The fraction of sp³-hybridized carbons (Fsp3) is 0.176. The van der Waals surface area contributed by atoms with Gasteiger partial charge in [-0.1, -0.05) is 35.3 Å². The van der Waals surface area contributed by atoms with Gasteiger partial charge in [-0.05, 0) is 42.8 Å².